The summed E-state index contributed by atoms with van der Waals surface area (Å²) >= 11 is 2.89. The molecule has 16 heteroatoms. The van der Waals surface area contributed by atoms with Crippen LogP contribution in [0, 0.1) is 0 Å². The van der Waals surface area contributed by atoms with Gasteiger partial charge in [0.2, 0.25) is 11.1 Å². The molecule has 1 saturated heterocycles. The number of carbonyl (C=O) groups excluding carboxylic acids is 2. The van der Waals surface area contributed by atoms with Gasteiger partial charge in [-0.2, -0.15) is 13.2 Å². The van der Waals surface area contributed by atoms with E-state index < -0.39 is 46.9 Å². The second-order valence-corrected chi connectivity index (χ2v) is 9.23. The highest BCUT2D eigenvalue weighted by atomic mass is 32.2. The van der Waals surface area contributed by atoms with Crippen LogP contribution in [0.5, 0.6) is 0 Å². The smallest absolute Gasteiger partial charge is 0.397 e. The van der Waals surface area contributed by atoms with Crippen LogP contribution in [0.3, 0.4) is 0 Å². The highest BCUT2D eigenvalue weighted by Crippen LogP contribution is 2.41. The van der Waals surface area contributed by atoms with Gasteiger partial charge in [0.15, 0.2) is 0 Å². The Balaban J connectivity index is 1.62. The fourth-order valence-corrected chi connectivity index (χ4v) is 5.70. The zero-order valence-corrected chi connectivity index (χ0v) is 17.7. The molecule has 0 saturated carbocycles. The summed E-state index contributed by atoms with van der Waals surface area (Å²) in [4.78, 5) is 37.2. The Bertz CT molecular complexity index is 893. The van der Waals surface area contributed by atoms with Gasteiger partial charge in [-0.3, -0.25) is 14.5 Å². The van der Waals surface area contributed by atoms with E-state index in [1.54, 1.807) is 7.05 Å². The second kappa shape index (κ2) is 9.05. The highest BCUT2D eigenvalue weighted by molar-refractivity contribution is 8.01. The summed E-state index contributed by atoms with van der Waals surface area (Å²) in [6.45, 7) is 0. The third kappa shape index (κ3) is 5.03. The number of nitrogens with zero attached hydrogens (tertiary/aromatic N) is 5. The fraction of sp³-hybridized carbons (Fsp3) is 0.571. The zero-order valence-electron chi connectivity index (χ0n) is 15.2. The molecule has 30 heavy (non-hydrogen) atoms. The predicted molar refractivity (Wildman–Crippen MR) is 103 cm³/mol. The Morgan fingerprint density at radius 1 is 1.40 bits per heavy atom. The van der Waals surface area contributed by atoms with E-state index in [1.807, 2.05) is 0 Å². The quantitative estimate of drug-likeness (QED) is 0.393. The molecule has 3 rings (SSSR count). The number of aliphatic carboxylic acids is 1. The summed E-state index contributed by atoms with van der Waals surface area (Å²) in [5.41, 5.74) is 0.360. The Labute approximate surface area is 180 Å². The number of carboxylic acid groups (broad SMARTS) is 1. The molecule has 2 amide bonds. The number of hydrogen-bond acceptors (Lipinski definition) is 9. The fourth-order valence-electron chi connectivity index (χ4n) is 2.76. The second-order valence-electron chi connectivity index (χ2n) is 6.19. The first-order valence-electron chi connectivity index (χ1n) is 8.27. The largest absolute Gasteiger partial charge is 0.477 e. The van der Waals surface area contributed by atoms with Crippen LogP contribution in [0.1, 0.15) is 0 Å². The number of amides is 2. The first-order valence-corrected chi connectivity index (χ1v) is 11.5. The minimum atomic E-state index is -4.39. The van der Waals surface area contributed by atoms with Crippen molar-refractivity contribution in [3.63, 3.8) is 0 Å². The molecule has 2 atom stereocenters. The Kier molecular flexibility index (Phi) is 6.86. The number of fused-ring (bicyclic) bond motifs is 1. The number of thioether (sulfide) groups is 3. The van der Waals surface area contributed by atoms with Crippen molar-refractivity contribution >= 4 is 53.1 Å². The minimum Gasteiger partial charge on any atom is -0.477 e. The summed E-state index contributed by atoms with van der Waals surface area (Å²) in [6, 6.07) is -0.972. The molecule has 0 aromatic carbocycles. The average molecular weight is 485 g/mol. The van der Waals surface area contributed by atoms with Gasteiger partial charge in [-0.1, -0.05) is 11.8 Å². The van der Waals surface area contributed by atoms with Gasteiger partial charge in [-0.15, -0.1) is 28.6 Å². The van der Waals surface area contributed by atoms with Gasteiger partial charge in [-0.05, 0) is 16.0 Å². The first-order chi connectivity index (χ1) is 14.1. The van der Waals surface area contributed by atoms with Crippen LogP contribution in [-0.2, 0) is 21.4 Å². The number of aryl methyl sites for hydroxylation is 1. The number of tetrazole rings is 1. The van der Waals surface area contributed by atoms with E-state index in [1.165, 1.54) is 28.2 Å². The molecule has 1 unspecified atom stereocenters. The molecular weight excluding hydrogens is 469 g/mol. The summed E-state index contributed by atoms with van der Waals surface area (Å²) in [6.07, 6.45) is -4.39. The summed E-state index contributed by atoms with van der Waals surface area (Å²) in [5.74, 6) is -3.64. The van der Waals surface area contributed by atoms with Gasteiger partial charge in [0.1, 0.15) is 17.1 Å². The van der Waals surface area contributed by atoms with Crippen molar-refractivity contribution in [1.82, 2.24) is 30.4 Å². The van der Waals surface area contributed by atoms with Crippen LogP contribution in [0.15, 0.2) is 16.4 Å². The van der Waals surface area contributed by atoms with E-state index in [2.05, 4.69) is 20.8 Å². The van der Waals surface area contributed by atoms with Crippen LogP contribution in [-0.4, -0.2) is 88.6 Å². The van der Waals surface area contributed by atoms with E-state index in [-0.39, 0.29) is 11.4 Å². The Hall–Kier alpha value is -1.94. The summed E-state index contributed by atoms with van der Waals surface area (Å²) in [7, 11) is 1.64. The number of carboxylic acids is 1. The van der Waals surface area contributed by atoms with Crippen molar-refractivity contribution in [1.29, 1.82) is 0 Å². The van der Waals surface area contributed by atoms with E-state index in [0.29, 0.717) is 28.2 Å². The molecule has 10 nitrogen and oxygen atoms in total. The monoisotopic (exact) mass is 484 g/mol. The van der Waals surface area contributed by atoms with Crippen LogP contribution >= 0.6 is 35.3 Å². The average Bonchev–Trinajstić information content (AvgIpc) is 3.07. The maximum Gasteiger partial charge on any atom is 0.397 e. The van der Waals surface area contributed by atoms with Gasteiger partial charge >= 0.3 is 12.1 Å². The van der Waals surface area contributed by atoms with Crippen LogP contribution in [0.2, 0.25) is 0 Å². The van der Waals surface area contributed by atoms with Gasteiger partial charge in [0.25, 0.3) is 5.91 Å². The number of rotatable bonds is 8. The number of carbonyl (C=O) groups is 3. The lowest BCUT2D eigenvalue weighted by atomic mass is 10.0. The molecule has 1 fully saturated rings. The lowest BCUT2D eigenvalue weighted by Crippen LogP contribution is -2.70. The number of nitrogens with one attached hydrogen (secondary N) is 1. The topological polar surface area (TPSA) is 130 Å². The molecule has 0 spiro atoms. The third-order valence-corrected chi connectivity index (χ3v) is 7.46. The Morgan fingerprint density at radius 2 is 2.13 bits per heavy atom. The predicted octanol–water partition coefficient (Wildman–Crippen LogP) is 0.336. The molecule has 164 valence electrons. The lowest BCUT2D eigenvalue weighted by Gasteiger charge is -2.49. The highest BCUT2D eigenvalue weighted by Gasteiger charge is 2.54. The molecule has 1 aromatic heterocycles. The van der Waals surface area contributed by atoms with Crippen molar-refractivity contribution < 1.29 is 32.7 Å². The van der Waals surface area contributed by atoms with E-state index in [0.717, 1.165) is 4.90 Å². The van der Waals surface area contributed by atoms with Crippen molar-refractivity contribution in [2.75, 3.05) is 23.0 Å². The van der Waals surface area contributed by atoms with E-state index >= 15 is 0 Å². The molecule has 3 heterocycles. The standard InChI is InChI=1S/C14H15F3N6O4S3/c1-22-13(19-20-21-22)30-3-6-2-29-11-8(10(25)23(11)9(6)12(26)27)18-7(24)4-28-5-14(15,16)17/h8,11H,2-5H2,1H3,(H,18,24)(H,26,27)/t8?,11-/m1/s1. The van der Waals surface area contributed by atoms with Gasteiger partial charge in [0.05, 0.1) is 11.5 Å². The van der Waals surface area contributed by atoms with Crippen LogP contribution in [0.25, 0.3) is 0 Å². The zero-order chi connectivity index (χ0) is 22.1. The number of hydrogen-bond donors (Lipinski definition) is 2. The van der Waals surface area contributed by atoms with E-state index in [4.69, 9.17) is 0 Å². The molecule has 2 aliphatic heterocycles. The molecule has 2 N–H and O–H groups in total. The van der Waals surface area contributed by atoms with Crippen molar-refractivity contribution in [3.8, 4) is 0 Å². The molecule has 0 aliphatic carbocycles. The molecular formula is C14H15F3N6O4S3. The van der Waals surface area contributed by atoms with Crippen molar-refractivity contribution in [3.05, 3.63) is 11.3 Å². The Morgan fingerprint density at radius 3 is 2.73 bits per heavy atom. The minimum absolute atomic E-state index is 0.150. The van der Waals surface area contributed by atoms with Crippen LogP contribution < -0.4 is 5.32 Å². The summed E-state index contributed by atoms with van der Waals surface area (Å²) < 4.78 is 37.9. The molecule has 1 aromatic rings. The maximum absolute atomic E-state index is 12.5. The van der Waals surface area contributed by atoms with Crippen LogP contribution in [0.4, 0.5) is 13.2 Å². The van der Waals surface area contributed by atoms with Crippen molar-refractivity contribution in [2.45, 2.75) is 22.7 Å². The number of halogens is 3. The van der Waals surface area contributed by atoms with Crippen molar-refractivity contribution in [2.24, 2.45) is 7.05 Å². The SMILES string of the molecule is Cn1nnnc1SCC1=C(C(=O)O)N2C(=O)C(NC(=O)CSCC(F)(F)F)[C@H]2SC1. The van der Waals surface area contributed by atoms with E-state index in [9.17, 15) is 32.7 Å². The van der Waals surface area contributed by atoms with Gasteiger partial charge < -0.3 is 10.4 Å². The van der Waals surface area contributed by atoms with Gasteiger partial charge in [-0.25, -0.2) is 9.48 Å². The van der Waals surface area contributed by atoms with Gasteiger partial charge in [0, 0.05) is 18.6 Å². The number of alkyl halides is 3. The first kappa shape index (κ1) is 22.7. The molecule has 0 radical (unpaired) electrons. The summed E-state index contributed by atoms with van der Waals surface area (Å²) in [5, 5.41) is 22.9. The third-order valence-electron chi connectivity index (χ3n) is 4.02. The number of aromatic nitrogens is 4. The molecule has 0 bridgehead atoms. The number of β-lactam (4-membered cyclic amide) rings is 1. The molecule has 2 aliphatic rings. The maximum atomic E-state index is 12.5. The normalized spacial score (nSPS) is 21.3. The lowest BCUT2D eigenvalue weighted by molar-refractivity contribution is -0.150.